The molecule has 5 N–H and O–H groups in total. The molecule has 6 rings (SSSR count). The number of nitrogens with one attached hydrogen (secondary N) is 2. The molecule has 1 unspecified atom stereocenters. The Morgan fingerprint density at radius 1 is 1.07 bits per heavy atom. The highest BCUT2D eigenvalue weighted by Gasteiger charge is 2.44. The van der Waals surface area contributed by atoms with Gasteiger partial charge in [-0.2, -0.15) is 0 Å². The third-order valence-corrected chi connectivity index (χ3v) is 9.19. The van der Waals surface area contributed by atoms with Crippen LogP contribution in [0.4, 0.5) is 11.5 Å². The van der Waals surface area contributed by atoms with Crippen molar-refractivity contribution in [3.63, 3.8) is 0 Å². The van der Waals surface area contributed by atoms with Crippen LogP contribution in [0.3, 0.4) is 0 Å². The summed E-state index contributed by atoms with van der Waals surface area (Å²) in [6.07, 6.45) is 8.90. The van der Waals surface area contributed by atoms with E-state index < -0.39 is 29.7 Å². The first-order valence-corrected chi connectivity index (χ1v) is 15.8. The van der Waals surface area contributed by atoms with Crippen LogP contribution in [0.5, 0.6) is 0 Å². The number of aromatic nitrogens is 1. The van der Waals surface area contributed by atoms with E-state index in [4.69, 9.17) is 15.7 Å². The van der Waals surface area contributed by atoms with E-state index in [2.05, 4.69) is 15.5 Å². The van der Waals surface area contributed by atoms with Gasteiger partial charge in [-0.25, -0.2) is 4.98 Å². The molecule has 1 aliphatic carbocycles. The van der Waals surface area contributed by atoms with Crippen molar-refractivity contribution in [2.24, 2.45) is 16.6 Å². The maximum atomic E-state index is 13.0. The van der Waals surface area contributed by atoms with Crippen molar-refractivity contribution in [2.75, 3.05) is 29.9 Å². The largest absolute Gasteiger partial charge is 0.404 e. The summed E-state index contributed by atoms with van der Waals surface area (Å²) in [6, 6.07) is 10.3. The van der Waals surface area contributed by atoms with Crippen molar-refractivity contribution in [3.05, 3.63) is 59.4 Å². The van der Waals surface area contributed by atoms with E-state index in [1.54, 1.807) is 24.4 Å². The molecule has 2 aromatic rings. The number of carbonyl (C=O) groups excluding carboxylic acids is 4. The second kappa shape index (κ2) is 13.2. The minimum atomic E-state index is -0.969. The summed E-state index contributed by atoms with van der Waals surface area (Å²) < 4.78 is 0. The van der Waals surface area contributed by atoms with Gasteiger partial charge < -0.3 is 21.1 Å². The first-order chi connectivity index (χ1) is 21.8. The van der Waals surface area contributed by atoms with Crippen molar-refractivity contribution in [1.82, 2.24) is 15.2 Å². The molecular formula is C33H39N7O5. The Morgan fingerprint density at radius 2 is 1.84 bits per heavy atom. The van der Waals surface area contributed by atoms with E-state index in [0.717, 1.165) is 85.8 Å². The molecule has 3 fully saturated rings. The Bertz CT molecular complexity index is 1540. The molecule has 0 spiro atoms. The Kier molecular flexibility index (Phi) is 8.92. The zero-order valence-electron chi connectivity index (χ0n) is 25.2. The molecule has 236 valence electrons. The van der Waals surface area contributed by atoms with Gasteiger partial charge in [-0.15, -0.1) is 0 Å². The number of anilines is 2. The minimum Gasteiger partial charge on any atom is -0.404 e. The highest BCUT2D eigenvalue weighted by molar-refractivity contribution is 6.23. The van der Waals surface area contributed by atoms with Crippen LogP contribution in [0, 0.1) is 5.92 Å². The molecule has 1 aromatic carbocycles. The first kappa shape index (κ1) is 30.4. The normalized spacial score (nSPS) is 24.2. The van der Waals surface area contributed by atoms with Crippen LogP contribution in [0.1, 0.15) is 77.8 Å². The van der Waals surface area contributed by atoms with E-state index in [1.165, 1.54) is 0 Å². The molecular weight excluding hydrogens is 574 g/mol. The monoisotopic (exact) mass is 613 g/mol. The van der Waals surface area contributed by atoms with Crippen LogP contribution >= 0.6 is 0 Å². The average molecular weight is 614 g/mol. The predicted molar refractivity (Wildman–Crippen MR) is 170 cm³/mol. The zero-order chi connectivity index (χ0) is 31.5. The summed E-state index contributed by atoms with van der Waals surface area (Å²) >= 11 is 0. The van der Waals surface area contributed by atoms with Gasteiger partial charge in [-0.1, -0.05) is 6.07 Å². The molecule has 12 heteroatoms. The van der Waals surface area contributed by atoms with Crippen LogP contribution in [-0.4, -0.2) is 82.7 Å². The summed E-state index contributed by atoms with van der Waals surface area (Å²) in [5.41, 5.74) is 8.80. The van der Waals surface area contributed by atoms with Crippen LogP contribution in [0.25, 0.3) is 5.57 Å². The molecule has 1 aromatic heterocycles. The lowest BCUT2D eigenvalue weighted by Crippen LogP contribution is -2.54. The Labute approximate surface area is 261 Å². The number of imide groups is 2. The predicted octanol–water partition coefficient (Wildman–Crippen LogP) is 2.49. The molecule has 12 nitrogen and oxygen atoms in total. The maximum absolute atomic E-state index is 13.0. The fourth-order valence-electron chi connectivity index (χ4n) is 6.50. The number of aliphatic imine (C=N–C) groups is 1. The zero-order valence-corrected chi connectivity index (χ0v) is 25.2. The lowest BCUT2D eigenvalue weighted by Gasteiger charge is -2.32. The number of fused-ring (bicyclic) bond motifs is 1. The molecule has 4 aliphatic rings. The maximum Gasteiger partial charge on any atom is 0.262 e. The SMILES string of the molecule is NC=C(C=NC1CC(CCCNc2ccc3c(c2)C(=O)N(C2CCC(=O)NC2=O)C3=O)C1)c1cccc(N2CCC(O)CC2)n1. The van der Waals surface area contributed by atoms with E-state index in [0.29, 0.717) is 5.92 Å². The number of benzene rings is 1. The molecule has 45 heavy (non-hydrogen) atoms. The summed E-state index contributed by atoms with van der Waals surface area (Å²) in [5, 5.41) is 15.4. The fraction of sp³-hybridized carbons (Fsp3) is 0.455. The number of carbonyl (C=O) groups is 4. The average Bonchev–Trinajstić information content (AvgIpc) is 3.26. The number of hydrogen-bond donors (Lipinski definition) is 4. The number of rotatable bonds is 10. The minimum absolute atomic E-state index is 0.0922. The second-order valence-electron chi connectivity index (χ2n) is 12.3. The smallest absolute Gasteiger partial charge is 0.262 e. The van der Waals surface area contributed by atoms with Gasteiger partial charge in [-0.3, -0.25) is 34.4 Å². The second-order valence-corrected chi connectivity index (χ2v) is 12.3. The van der Waals surface area contributed by atoms with E-state index in [1.807, 2.05) is 24.4 Å². The highest BCUT2D eigenvalue weighted by Crippen LogP contribution is 2.34. The molecule has 4 heterocycles. The number of allylic oxidation sites excluding steroid dienone is 1. The number of aliphatic hydroxyl groups excluding tert-OH is 1. The molecule has 4 amide bonds. The van der Waals surface area contributed by atoms with Crippen molar-refractivity contribution < 1.29 is 24.3 Å². The van der Waals surface area contributed by atoms with Crippen LogP contribution in [-0.2, 0) is 9.59 Å². The number of pyridine rings is 1. The molecule has 0 bridgehead atoms. The van der Waals surface area contributed by atoms with Crippen LogP contribution in [0.15, 0.2) is 47.6 Å². The molecule has 3 aliphatic heterocycles. The van der Waals surface area contributed by atoms with E-state index in [9.17, 15) is 24.3 Å². The first-order valence-electron chi connectivity index (χ1n) is 15.8. The third kappa shape index (κ3) is 6.60. The van der Waals surface area contributed by atoms with E-state index in [-0.39, 0.29) is 36.1 Å². The van der Waals surface area contributed by atoms with Gasteiger partial charge in [0.1, 0.15) is 11.9 Å². The number of amides is 4. The van der Waals surface area contributed by atoms with Crippen molar-refractivity contribution >= 4 is 46.9 Å². The van der Waals surface area contributed by atoms with Gasteiger partial charge in [0.05, 0.1) is 29.0 Å². The number of aliphatic hydroxyl groups is 1. The molecule has 2 saturated heterocycles. The molecule has 0 radical (unpaired) electrons. The quantitative estimate of drug-likeness (QED) is 0.179. The van der Waals surface area contributed by atoms with Gasteiger partial charge in [0.15, 0.2) is 0 Å². The van der Waals surface area contributed by atoms with Gasteiger partial charge in [0, 0.05) is 49.7 Å². The van der Waals surface area contributed by atoms with Gasteiger partial charge in [0.2, 0.25) is 11.8 Å². The summed E-state index contributed by atoms with van der Waals surface area (Å²) in [7, 11) is 0. The van der Waals surface area contributed by atoms with Gasteiger partial charge in [-0.05, 0) is 81.2 Å². The van der Waals surface area contributed by atoms with Gasteiger partial charge >= 0.3 is 0 Å². The summed E-state index contributed by atoms with van der Waals surface area (Å²) in [5.74, 6) is -0.537. The number of piperidine rings is 2. The van der Waals surface area contributed by atoms with Crippen LogP contribution in [0.2, 0.25) is 0 Å². The fourth-order valence-corrected chi connectivity index (χ4v) is 6.50. The topological polar surface area (TPSA) is 170 Å². The highest BCUT2D eigenvalue weighted by atomic mass is 16.3. The van der Waals surface area contributed by atoms with Crippen molar-refractivity contribution in [2.45, 2.75) is 69.6 Å². The number of hydrogen-bond acceptors (Lipinski definition) is 10. The lowest BCUT2D eigenvalue weighted by atomic mass is 9.78. The van der Waals surface area contributed by atoms with Crippen molar-refractivity contribution in [3.8, 4) is 0 Å². The summed E-state index contributed by atoms with van der Waals surface area (Å²) in [6.45, 7) is 2.29. The van der Waals surface area contributed by atoms with E-state index >= 15 is 0 Å². The number of nitrogens with two attached hydrogens (primary N) is 1. The lowest BCUT2D eigenvalue weighted by molar-refractivity contribution is -0.136. The van der Waals surface area contributed by atoms with Gasteiger partial charge in [0.25, 0.3) is 11.8 Å². The standard InChI is InChI=1S/C33H39N7O5/c34-18-21(27-4-1-5-29(37-27)39-13-10-24(41)11-14-39)19-36-23-15-20(16-23)3-2-12-35-22-6-7-25-26(17-22)33(45)40(32(25)44)28-8-9-30(42)38-31(28)43/h1,4-7,17-20,23-24,28,35,41H,2-3,8-16,34H2,(H,38,42,43). The molecule has 1 atom stereocenters. The Hall–Kier alpha value is -4.58. The third-order valence-electron chi connectivity index (χ3n) is 9.19. The summed E-state index contributed by atoms with van der Waals surface area (Å²) in [4.78, 5) is 62.4. The van der Waals surface area contributed by atoms with Crippen molar-refractivity contribution in [1.29, 1.82) is 0 Å². The van der Waals surface area contributed by atoms with Crippen LogP contribution < -0.4 is 21.3 Å². The molecule has 1 saturated carbocycles. The Balaban J connectivity index is 0.939. The number of nitrogens with zero attached hydrogens (tertiary/aromatic N) is 4. The Morgan fingerprint density at radius 3 is 2.60 bits per heavy atom.